The third kappa shape index (κ3) is 3.63. The third-order valence-electron chi connectivity index (χ3n) is 3.77. The molecule has 5 heteroatoms. The first-order valence-corrected chi connectivity index (χ1v) is 6.78. The van der Waals surface area contributed by atoms with E-state index in [2.05, 4.69) is 11.9 Å². The summed E-state index contributed by atoms with van der Waals surface area (Å²) in [5, 5.41) is 9.23. The van der Waals surface area contributed by atoms with Crippen LogP contribution >= 0.6 is 0 Å². The second-order valence-electron chi connectivity index (χ2n) is 5.25. The molecule has 0 saturated carbocycles. The number of methoxy groups -OCH3 is 1. The summed E-state index contributed by atoms with van der Waals surface area (Å²) in [6, 6.07) is 6.49. The zero-order valence-corrected chi connectivity index (χ0v) is 11.9. The van der Waals surface area contributed by atoms with Gasteiger partial charge < -0.3 is 19.5 Å². The summed E-state index contributed by atoms with van der Waals surface area (Å²) < 4.78 is 10.6. The Kier molecular flexibility index (Phi) is 4.84. The molecular weight excluding hydrogens is 258 g/mol. The molecule has 110 valence electrons. The van der Waals surface area contributed by atoms with Gasteiger partial charge >= 0.3 is 5.97 Å². The van der Waals surface area contributed by atoms with Crippen molar-refractivity contribution in [3.63, 3.8) is 0 Å². The fourth-order valence-electron chi connectivity index (χ4n) is 2.57. The van der Waals surface area contributed by atoms with Crippen molar-refractivity contribution in [2.75, 3.05) is 33.9 Å². The Balaban J connectivity index is 1.97. The van der Waals surface area contributed by atoms with Crippen LogP contribution in [-0.2, 0) is 9.53 Å². The number of likely N-dealkylation sites (tertiary alicyclic amines) is 1. The smallest absolute Gasteiger partial charge is 0.312 e. The number of ether oxygens (including phenoxy) is 2. The molecule has 1 fully saturated rings. The highest BCUT2D eigenvalue weighted by Gasteiger charge is 2.34. The fraction of sp³-hybridized carbons (Fsp3) is 0.533. The molecule has 0 aromatic heterocycles. The minimum atomic E-state index is -0.251. The summed E-state index contributed by atoms with van der Waals surface area (Å²) in [7, 11) is 3.46. The molecule has 0 radical (unpaired) electrons. The molecule has 1 aliphatic heterocycles. The van der Waals surface area contributed by atoms with Gasteiger partial charge in [0.25, 0.3) is 0 Å². The van der Waals surface area contributed by atoms with Gasteiger partial charge in [-0.1, -0.05) is 0 Å². The van der Waals surface area contributed by atoms with Gasteiger partial charge in [-0.05, 0) is 50.2 Å². The summed E-state index contributed by atoms with van der Waals surface area (Å²) in [6.07, 6.45) is 0.981. The molecule has 1 N–H and O–H groups in total. The molecule has 20 heavy (non-hydrogen) atoms. The largest absolute Gasteiger partial charge is 0.508 e. The van der Waals surface area contributed by atoms with E-state index in [1.807, 2.05) is 0 Å². The van der Waals surface area contributed by atoms with Crippen LogP contribution in [0.25, 0.3) is 0 Å². The van der Waals surface area contributed by atoms with Crippen molar-refractivity contribution in [1.82, 2.24) is 4.90 Å². The summed E-state index contributed by atoms with van der Waals surface area (Å²) in [6.45, 7) is 2.19. The van der Waals surface area contributed by atoms with Crippen molar-refractivity contribution in [3.8, 4) is 11.5 Å². The van der Waals surface area contributed by atoms with E-state index in [1.54, 1.807) is 24.3 Å². The Morgan fingerprint density at radius 3 is 2.70 bits per heavy atom. The summed E-state index contributed by atoms with van der Waals surface area (Å²) >= 11 is 0. The highest BCUT2D eigenvalue weighted by atomic mass is 16.5. The number of nitrogens with zero attached hydrogens (tertiary/aromatic N) is 1. The van der Waals surface area contributed by atoms with E-state index >= 15 is 0 Å². The zero-order valence-electron chi connectivity index (χ0n) is 11.9. The maximum absolute atomic E-state index is 11.9. The third-order valence-corrected chi connectivity index (χ3v) is 3.77. The molecule has 1 aromatic carbocycles. The van der Waals surface area contributed by atoms with Crippen molar-refractivity contribution in [1.29, 1.82) is 0 Å². The number of carbonyl (C=O) groups excluding carboxylic acids is 1. The van der Waals surface area contributed by atoms with Gasteiger partial charge in [-0.2, -0.15) is 0 Å². The zero-order chi connectivity index (χ0) is 14.5. The van der Waals surface area contributed by atoms with Gasteiger partial charge in [0.05, 0.1) is 13.0 Å². The molecule has 0 aliphatic carbocycles. The lowest BCUT2D eigenvalue weighted by Crippen LogP contribution is -2.32. The number of hydrogen-bond acceptors (Lipinski definition) is 5. The second-order valence-corrected chi connectivity index (χ2v) is 5.25. The number of phenolic OH excluding ortho intramolecular Hbond substituents is 1. The normalized spacial score (nSPS) is 20.6. The molecule has 2 rings (SSSR count). The predicted octanol–water partition coefficient (Wildman–Crippen LogP) is 1.51. The lowest BCUT2D eigenvalue weighted by Gasteiger charge is -2.21. The standard InChI is InChI=1S/C15H21NO4/c1-16-8-7-11(9-16)14(15(18)19-2)10-20-13-5-3-12(17)4-6-13/h3-6,11,14,17H,7-10H2,1-2H3. The maximum atomic E-state index is 11.9. The maximum Gasteiger partial charge on any atom is 0.312 e. The van der Waals surface area contributed by atoms with Gasteiger partial charge in [0.2, 0.25) is 0 Å². The first-order chi connectivity index (χ1) is 9.60. The van der Waals surface area contributed by atoms with E-state index in [0.717, 1.165) is 19.5 Å². The second kappa shape index (κ2) is 6.61. The van der Waals surface area contributed by atoms with Crippen LogP contribution in [0.3, 0.4) is 0 Å². The fourth-order valence-corrected chi connectivity index (χ4v) is 2.57. The molecule has 1 heterocycles. The molecular formula is C15H21NO4. The van der Waals surface area contributed by atoms with E-state index < -0.39 is 0 Å². The topological polar surface area (TPSA) is 59.0 Å². The number of phenols is 1. The Morgan fingerprint density at radius 1 is 1.45 bits per heavy atom. The van der Waals surface area contributed by atoms with Crippen LogP contribution in [0.4, 0.5) is 0 Å². The highest BCUT2D eigenvalue weighted by Crippen LogP contribution is 2.26. The monoisotopic (exact) mass is 279 g/mol. The lowest BCUT2D eigenvalue weighted by atomic mass is 9.92. The first-order valence-electron chi connectivity index (χ1n) is 6.78. The van der Waals surface area contributed by atoms with E-state index in [1.165, 1.54) is 7.11 Å². The van der Waals surface area contributed by atoms with Crippen LogP contribution in [0.5, 0.6) is 11.5 Å². The number of rotatable bonds is 5. The Bertz CT molecular complexity index is 446. The van der Waals surface area contributed by atoms with Gasteiger partial charge in [0.15, 0.2) is 0 Å². The van der Waals surface area contributed by atoms with Crippen molar-refractivity contribution >= 4 is 5.97 Å². The van der Waals surface area contributed by atoms with Gasteiger partial charge in [-0.15, -0.1) is 0 Å². The Hall–Kier alpha value is -1.75. The average Bonchev–Trinajstić information content (AvgIpc) is 2.87. The number of esters is 1. The molecule has 1 aromatic rings. The van der Waals surface area contributed by atoms with Crippen molar-refractivity contribution in [2.45, 2.75) is 6.42 Å². The summed E-state index contributed by atoms with van der Waals surface area (Å²) in [4.78, 5) is 14.1. The Labute approximate surface area is 119 Å². The van der Waals surface area contributed by atoms with E-state index in [-0.39, 0.29) is 23.6 Å². The van der Waals surface area contributed by atoms with Crippen LogP contribution in [0.2, 0.25) is 0 Å². The SMILES string of the molecule is COC(=O)C(COc1ccc(O)cc1)C1CCN(C)C1. The van der Waals surface area contributed by atoms with Crippen LogP contribution in [0, 0.1) is 11.8 Å². The molecule has 5 nitrogen and oxygen atoms in total. The minimum Gasteiger partial charge on any atom is -0.508 e. The molecule has 0 bridgehead atoms. The quantitative estimate of drug-likeness (QED) is 0.828. The van der Waals surface area contributed by atoms with Crippen molar-refractivity contribution < 1.29 is 19.4 Å². The van der Waals surface area contributed by atoms with Gasteiger partial charge in [0, 0.05) is 6.54 Å². The predicted molar refractivity (Wildman–Crippen MR) is 74.7 cm³/mol. The van der Waals surface area contributed by atoms with Gasteiger partial charge in [0.1, 0.15) is 18.1 Å². The van der Waals surface area contributed by atoms with Gasteiger partial charge in [-0.25, -0.2) is 0 Å². The van der Waals surface area contributed by atoms with Crippen LogP contribution in [0.15, 0.2) is 24.3 Å². The van der Waals surface area contributed by atoms with Crippen LogP contribution in [0.1, 0.15) is 6.42 Å². The average molecular weight is 279 g/mol. The van der Waals surface area contributed by atoms with Crippen molar-refractivity contribution in [2.24, 2.45) is 11.8 Å². The van der Waals surface area contributed by atoms with Crippen molar-refractivity contribution in [3.05, 3.63) is 24.3 Å². The molecule has 0 amide bonds. The van der Waals surface area contributed by atoms with Gasteiger partial charge in [-0.3, -0.25) is 4.79 Å². The van der Waals surface area contributed by atoms with E-state index in [0.29, 0.717) is 12.4 Å². The molecule has 2 atom stereocenters. The highest BCUT2D eigenvalue weighted by molar-refractivity contribution is 5.73. The number of carbonyl (C=O) groups is 1. The molecule has 2 unspecified atom stereocenters. The van der Waals surface area contributed by atoms with Crippen LogP contribution in [-0.4, -0.2) is 49.8 Å². The first kappa shape index (κ1) is 14.7. The lowest BCUT2D eigenvalue weighted by molar-refractivity contribution is -0.148. The Morgan fingerprint density at radius 2 is 2.15 bits per heavy atom. The molecule has 1 aliphatic rings. The minimum absolute atomic E-state index is 0.194. The number of benzene rings is 1. The molecule has 1 saturated heterocycles. The summed E-state index contributed by atoms with van der Waals surface area (Å²) in [5.74, 6) is 0.634. The van der Waals surface area contributed by atoms with E-state index in [9.17, 15) is 9.90 Å². The number of aromatic hydroxyl groups is 1. The van der Waals surface area contributed by atoms with E-state index in [4.69, 9.17) is 9.47 Å². The van der Waals surface area contributed by atoms with Crippen LogP contribution < -0.4 is 4.74 Å². The number of hydrogen-bond donors (Lipinski definition) is 1. The molecule has 0 spiro atoms. The summed E-state index contributed by atoms with van der Waals surface area (Å²) in [5.41, 5.74) is 0.